The molecule has 1 heterocycles. The SMILES string of the molecule is CCCC[C@]1(CC)CSc2cc(O)c(O)cc2[C@@H](c2ccccc2)N1. The van der Waals surface area contributed by atoms with Gasteiger partial charge in [0.1, 0.15) is 0 Å². The van der Waals surface area contributed by atoms with Gasteiger partial charge in [-0.3, -0.25) is 5.32 Å². The summed E-state index contributed by atoms with van der Waals surface area (Å²) < 4.78 is 0. The molecule has 3 rings (SSSR count). The van der Waals surface area contributed by atoms with Gasteiger partial charge in [0.15, 0.2) is 11.5 Å². The molecule has 1 aliphatic rings. The maximum absolute atomic E-state index is 10.1. The smallest absolute Gasteiger partial charge is 0.158 e. The molecule has 0 saturated heterocycles. The fraction of sp³-hybridized carbons (Fsp3) is 0.429. The molecule has 0 bridgehead atoms. The number of phenolic OH excluding ortho intramolecular Hbond substituents is 2. The number of thioether (sulfide) groups is 1. The van der Waals surface area contributed by atoms with Crippen molar-refractivity contribution in [1.82, 2.24) is 5.32 Å². The van der Waals surface area contributed by atoms with Crippen LogP contribution in [0.1, 0.15) is 56.7 Å². The molecular weight excluding hydrogens is 330 g/mol. The fourth-order valence-electron chi connectivity index (χ4n) is 3.51. The summed E-state index contributed by atoms with van der Waals surface area (Å²) in [6.45, 7) is 4.48. The molecular formula is C21H27NO2S. The van der Waals surface area contributed by atoms with Gasteiger partial charge < -0.3 is 10.2 Å². The van der Waals surface area contributed by atoms with E-state index in [4.69, 9.17) is 0 Å². The van der Waals surface area contributed by atoms with Crippen LogP contribution < -0.4 is 5.32 Å². The van der Waals surface area contributed by atoms with Crippen molar-refractivity contribution in [3.8, 4) is 11.5 Å². The standard InChI is InChI=1S/C21H27NO2S/c1-3-5-11-21(4-2)14-25-19-13-18(24)17(23)12-16(19)20(22-21)15-9-7-6-8-10-15/h6-10,12-13,20,22-24H,3-5,11,14H2,1-2H3/t20-,21-/m1/s1. The Hall–Kier alpha value is -1.65. The van der Waals surface area contributed by atoms with Crippen LogP contribution in [0, 0.1) is 0 Å². The zero-order valence-electron chi connectivity index (χ0n) is 15.0. The highest BCUT2D eigenvalue weighted by Gasteiger charge is 2.35. The molecule has 2 atom stereocenters. The van der Waals surface area contributed by atoms with Crippen molar-refractivity contribution >= 4 is 11.8 Å². The van der Waals surface area contributed by atoms with Gasteiger partial charge >= 0.3 is 0 Å². The van der Waals surface area contributed by atoms with Gasteiger partial charge in [0.05, 0.1) is 6.04 Å². The zero-order chi connectivity index (χ0) is 17.9. The summed E-state index contributed by atoms with van der Waals surface area (Å²) in [6.07, 6.45) is 4.55. The average Bonchev–Trinajstić information content (AvgIpc) is 2.79. The summed E-state index contributed by atoms with van der Waals surface area (Å²) in [4.78, 5) is 1.04. The van der Waals surface area contributed by atoms with E-state index in [-0.39, 0.29) is 23.1 Å². The molecule has 2 aromatic rings. The number of aromatic hydroxyl groups is 2. The topological polar surface area (TPSA) is 52.5 Å². The van der Waals surface area contributed by atoms with E-state index in [0.717, 1.165) is 29.1 Å². The van der Waals surface area contributed by atoms with Gasteiger partial charge in [0, 0.05) is 16.2 Å². The second-order valence-electron chi connectivity index (χ2n) is 6.89. The van der Waals surface area contributed by atoms with E-state index in [9.17, 15) is 10.2 Å². The van der Waals surface area contributed by atoms with E-state index in [0.29, 0.717) is 0 Å². The quantitative estimate of drug-likeness (QED) is 0.642. The Morgan fingerprint density at radius 1 is 1.12 bits per heavy atom. The Labute approximate surface area is 154 Å². The lowest BCUT2D eigenvalue weighted by molar-refractivity contribution is 0.297. The number of hydrogen-bond acceptors (Lipinski definition) is 4. The second-order valence-corrected chi connectivity index (χ2v) is 7.91. The van der Waals surface area contributed by atoms with Crippen LogP contribution in [0.5, 0.6) is 11.5 Å². The van der Waals surface area contributed by atoms with E-state index in [2.05, 4.69) is 43.4 Å². The van der Waals surface area contributed by atoms with Gasteiger partial charge in [-0.1, -0.05) is 57.0 Å². The van der Waals surface area contributed by atoms with Crippen LogP contribution >= 0.6 is 11.8 Å². The minimum atomic E-state index is -0.0559. The Morgan fingerprint density at radius 2 is 1.84 bits per heavy atom. The van der Waals surface area contributed by atoms with Crippen LogP contribution in [-0.2, 0) is 0 Å². The Kier molecular flexibility index (Phi) is 5.60. The Bertz CT molecular complexity index is 719. The van der Waals surface area contributed by atoms with Crippen molar-refractivity contribution in [3.05, 3.63) is 53.6 Å². The number of rotatable bonds is 5. The van der Waals surface area contributed by atoms with Crippen molar-refractivity contribution < 1.29 is 10.2 Å². The number of phenols is 2. The van der Waals surface area contributed by atoms with Crippen LogP contribution in [0.2, 0.25) is 0 Å². The molecule has 0 unspecified atom stereocenters. The average molecular weight is 358 g/mol. The first-order chi connectivity index (χ1) is 12.1. The predicted molar refractivity (Wildman–Crippen MR) is 104 cm³/mol. The molecule has 0 aromatic heterocycles. The molecule has 134 valence electrons. The number of fused-ring (bicyclic) bond motifs is 1. The summed E-state index contributed by atoms with van der Waals surface area (Å²) in [6, 6.07) is 13.8. The van der Waals surface area contributed by atoms with Crippen LogP contribution in [0.3, 0.4) is 0 Å². The first kappa shape index (κ1) is 18.2. The first-order valence-electron chi connectivity index (χ1n) is 9.10. The lowest BCUT2D eigenvalue weighted by atomic mass is 9.88. The minimum Gasteiger partial charge on any atom is -0.504 e. The third-order valence-corrected chi connectivity index (χ3v) is 6.55. The van der Waals surface area contributed by atoms with Crippen LogP contribution in [0.15, 0.2) is 47.4 Å². The molecule has 3 nitrogen and oxygen atoms in total. The fourth-order valence-corrected chi connectivity index (χ4v) is 4.92. The van der Waals surface area contributed by atoms with E-state index in [1.54, 1.807) is 23.9 Å². The number of hydrogen-bond donors (Lipinski definition) is 3. The van der Waals surface area contributed by atoms with E-state index >= 15 is 0 Å². The number of benzene rings is 2. The van der Waals surface area contributed by atoms with Crippen molar-refractivity contribution in [2.24, 2.45) is 0 Å². The molecule has 0 saturated carbocycles. The highest BCUT2D eigenvalue weighted by atomic mass is 32.2. The summed E-state index contributed by atoms with van der Waals surface area (Å²) in [7, 11) is 0. The summed E-state index contributed by atoms with van der Waals surface area (Å²) >= 11 is 1.78. The highest BCUT2D eigenvalue weighted by molar-refractivity contribution is 7.99. The molecule has 3 N–H and O–H groups in total. The second kappa shape index (κ2) is 7.71. The number of nitrogens with one attached hydrogen (secondary N) is 1. The summed E-state index contributed by atoms with van der Waals surface area (Å²) in [5.74, 6) is 0.861. The lowest BCUT2D eigenvalue weighted by Gasteiger charge is -2.36. The molecule has 0 fully saturated rings. The van der Waals surface area contributed by atoms with E-state index in [1.807, 2.05) is 6.07 Å². The van der Waals surface area contributed by atoms with Gasteiger partial charge in [0.2, 0.25) is 0 Å². The van der Waals surface area contributed by atoms with Crippen LogP contribution in [0.4, 0.5) is 0 Å². The van der Waals surface area contributed by atoms with Crippen molar-refractivity contribution in [3.63, 3.8) is 0 Å². The molecule has 1 aliphatic heterocycles. The predicted octanol–water partition coefficient (Wildman–Crippen LogP) is 5.22. The van der Waals surface area contributed by atoms with Crippen LogP contribution in [0.25, 0.3) is 0 Å². The third-order valence-electron chi connectivity index (χ3n) is 5.19. The van der Waals surface area contributed by atoms with Gasteiger partial charge in [0.25, 0.3) is 0 Å². The molecule has 2 aromatic carbocycles. The molecule has 4 heteroatoms. The Balaban J connectivity index is 2.08. The van der Waals surface area contributed by atoms with E-state index < -0.39 is 0 Å². The molecule has 0 aliphatic carbocycles. The van der Waals surface area contributed by atoms with Gasteiger partial charge in [-0.15, -0.1) is 11.8 Å². The largest absolute Gasteiger partial charge is 0.504 e. The monoisotopic (exact) mass is 357 g/mol. The first-order valence-corrected chi connectivity index (χ1v) is 10.1. The molecule has 0 spiro atoms. The summed E-state index contributed by atoms with van der Waals surface area (Å²) in [5, 5.41) is 24.0. The van der Waals surface area contributed by atoms with Gasteiger partial charge in [-0.25, -0.2) is 0 Å². The van der Waals surface area contributed by atoms with Crippen molar-refractivity contribution in [2.45, 2.75) is 56.0 Å². The van der Waals surface area contributed by atoms with Gasteiger partial charge in [-0.2, -0.15) is 0 Å². The van der Waals surface area contributed by atoms with E-state index in [1.165, 1.54) is 18.4 Å². The zero-order valence-corrected chi connectivity index (χ0v) is 15.8. The maximum Gasteiger partial charge on any atom is 0.158 e. The minimum absolute atomic E-state index is 0.00880. The highest BCUT2D eigenvalue weighted by Crippen LogP contribution is 2.44. The van der Waals surface area contributed by atoms with Gasteiger partial charge in [-0.05, 0) is 36.1 Å². The van der Waals surface area contributed by atoms with Crippen molar-refractivity contribution in [2.75, 3.05) is 5.75 Å². The number of unbranched alkanes of at least 4 members (excludes halogenated alkanes) is 1. The maximum atomic E-state index is 10.1. The molecule has 0 radical (unpaired) electrons. The summed E-state index contributed by atoms with van der Waals surface area (Å²) in [5.41, 5.74) is 2.27. The van der Waals surface area contributed by atoms with Crippen LogP contribution in [-0.4, -0.2) is 21.5 Å². The van der Waals surface area contributed by atoms with Crippen molar-refractivity contribution in [1.29, 1.82) is 0 Å². The third kappa shape index (κ3) is 3.80. The molecule has 25 heavy (non-hydrogen) atoms. The lowest BCUT2D eigenvalue weighted by Crippen LogP contribution is -2.48. The molecule has 0 amide bonds. The Morgan fingerprint density at radius 3 is 2.52 bits per heavy atom. The normalized spacial score (nSPS) is 23.0.